The minimum absolute atomic E-state index is 0.00131. The number of carbonyl (C=O) groups is 2. The van der Waals surface area contributed by atoms with E-state index in [0.717, 1.165) is 30.6 Å². The highest BCUT2D eigenvalue weighted by molar-refractivity contribution is 7.17. The second kappa shape index (κ2) is 4.83. The van der Waals surface area contributed by atoms with Crippen molar-refractivity contribution in [2.75, 3.05) is 12.4 Å². The maximum atomic E-state index is 11.7. The zero-order chi connectivity index (χ0) is 12.4. The van der Waals surface area contributed by atoms with Crippen LogP contribution in [0.3, 0.4) is 0 Å². The SMILES string of the molecule is COC(=O)c1sc(NC(=O)C2CCC2)nc1C. The standard InChI is InChI=1S/C11H14N2O3S/c1-6-8(10(15)16-2)17-11(12-6)13-9(14)7-4-3-5-7/h7H,3-5H2,1-2H3,(H,12,13,14). The third-order valence-electron chi connectivity index (χ3n) is 2.87. The van der Waals surface area contributed by atoms with Crippen LogP contribution in [-0.2, 0) is 9.53 Å². The number of ether oxygens (including phenoxy) is 1. The van der Waals surface area contributed by atoms with Gasteiger partial charge in [-0.3, -0.25) is 4.79 Å². The highest BCUT2D eigenvalue weighted by atomic mass is 32.1. The van der Waals surface area contributed by atoms with E-state index in [9.17, 15) is 9.59 Å². The van der Waals surface area contributed by atoms with E-state index in [4.69, 9.17) is 0 Å². The predicted octanol–water partition coefficient (Wildman–Crippen LogP) is 1.98. The average Bonchev–Trinajstić information content (AvgIpc) is 2.55. The first kappa shape index (κ1) is 12.0. The van der Waals surface area contributed by atoms with Gasteiger partial charge in [-0.05, 0) is 19.8 Å². The van der Waals surface area contributed by atoms with Gasteiger partial charge >= 0.3 is 5.97 Å². The highest BCUT2D eigenvalue weighted by Gasteiger charge is 2.26. The molecule has 0 atom stereocenters. The van der Waals surface area contributed by atoms with Gasteiger partial charge in [-0.25, -0.2) is 9.78 Å². The lowest BCUT2D eigenvalue weighted by Gasteiger charge is -2.23. The minimum atomic E-state index is -0.413. The quantitative estimate of drug-likeness (QED) is 0.837. The van der Waals surface area contributed by atoms with Crippen molar-refractivity contribution in [3.63, 3.8) is 0 Å². The Labute approximate surface area is 103 Å². The summed E-state index contributed by atoms with van der Waals surface area (Å²) in [7, 11) is 1.33. The molecule has 17 heavy (non-hydrogen) atoms. The van der Waals surface area contributed by atoms with Gasteiger partial charge in [0.1, 0.15) is 4.88 Å². The van der Waals surface area contributed by atoms with Gasteiger partial charge in [0.15, 0.2) is 5.13 Å². The summed E-state index contributed by atoms with van der Waals surface area (Å²) in [5.41, 5.74) is 0.589. The third-order valence-corrected chi connectivity index (χ3v) is 3.93. The summed E-state index contributed by atoms with van der Waals surface area (Å²) in [6, 6.07) is 0. The second-order valence-corrected chi connectivity index (χ2v) is 5.04. The zero-order valence-electron chi connectivity index (χ0n) is 9.78. The average molecular weight is 254 g/mol. The van der Waals surface area contributed by atoms with Gasteiger partial charge < -0.3 is 10.1 Å². The number of hydrogen-bond acceptors (Lipinski definition) is 5. The molecule has 1 aliphatic rings. The summed E-state index contributed by atoms with van der Waals surface area (Å²) in [5.74, 6) is -0.300. The Bertz CT molecular complexity index is 452. The van der Waals surface area contributed by atoms with E-state index < -0.39 is 5.97 Å². The molecule has 1 fully saturated rings. The second-order valence-electron chi connectivity index (χ2n) is 4.04. The maximum Gasteiger partial charge on any atom is 0.350 e. The van der Waals surface area contributed by atoms with Crippen LogP contribution in [-0.4, -0.2) is 24.0 Å². The largest absolute Gasteiger partial charge is 0.465 e. The van der Waals surface area contributed by atoms with Crippen molar-refractivity contribution < 1.29 is 14.3 Å². The third kappa shape index (κ3) is 2.46. The summed E-state index contributed by atoms with van der Waals surface area (Å²) in [5, 5.41) is 3.22. The molecule has 1 heterocycles. The Hall–Kier alpha value is -1.43. The van der Waals surface area contributed by atoms with Gasteiger partial charge in [-0.15, -0.1) is 0 Å². The molecule has 0 bridgehead atoms. The van der Waals surface area contributed by atoms with Crippen molar-refractivity contribution in [3.05, 3.63) is 10.6 Å². The van der Waals surface area contributed by atoms with Gasteiger partial charge in [0.25, 0.3) is 0 Å². The molecule has 6 heteroatoms. The van der Waals surface area contributed by atoms with Crippen molar-refractivity contribution in [1.82, 2.24) is 4.98 Å². The topological polar surface area (TPSA) is 68.3 Å². The number of anilines is 1. The Morgan fingerprint density at radius 2 is 2.18 bits per heavy atom. The fourth-order valence-electron chi connectivity index (χ4n) is 1.61. The molecule has 1 amide bonds. The molecule has 0 radical (unpaired) electrons. The molecule has 1 aromatic rings. The molecule has 1 saturated carbocycles. The smallest absolute Gasteiger partial charge is 0.350 e. The first-order valence-corrected chi connectivity index (χ1v) is 6.30. The van der Waals surface area contributed by atoms with E-state index in [-0.39, 0.29) is 11.8 Å². The van der Waals surface area contributed by atoms with Crippen LogP contribution in [0.4, 0.5) is 5.13 Å². The van der Waals surface area contributed by atoms with E-state index in [0.29, 0.717) is 15.7 Å². The molecule has 1 N–H and O–H groups in total. The molecule has 0 aliphatic heterocycles. The number of hydrogen-bond donors (Lipinski definition) is 1. The van der Waals surface area contributed by atoms with E-state index in [2.05, 4.69) is 15.0 Å². The minimum Gasteiger partial charge on any atom is -0.465 e. The number of amides is 1. The normalized spacial score (nSPS) is 15.2. The molecule has 1 aliphatic carbocycles. The van der Waals surface area contributed by atoms with E-state index >= 15 is 0 Å². The summed E-state index contributed by atoms with van der Waals surface area (Å²) < 4.78 is 4.63. The van der Waals surface area contributed by atoms with Crippen LogP contribution in [0, 0.1) is 12.8 Å². The van der Waals surface area contributed by atoms with Gasteiger partial charge in [-0.1, -0.05) is 17.8 Å². The molecule has 0 spiro atoms. The van der Waals surface area contributed by atoms with Gasteiger partial charge in [-0.2, -0.15) is 0 Å². The number of rotatable bonds is 3. The van der Waals surface area contributed by atoms with E-state index in [1.54, 1.807) is 6.92 Å². The highest BCUT2D eigenvalue weighted by Crippen LogP contribution is 2.29. The molecule has 1 aromatic heterocycles. The van der Waals surface area contributed by atoms with Crippen LogP contribution >= 0.6 is 11.3 Å². The van der Waals surface area contributed by atoms with Crippen LogP contribution in [0.2, 0.25) is 0 Å². The molecular formula is C11H14N2O3S. The van der Waals surface area contributed by atoms with Crippen LogP contribution in [0.25, 0.3) is 0 Å². The molecule has 2 rings (SSSR count). The number of aromatic nitrogens is 1. The van der Waals surface area contributed by atoms with Gasteiger partial charge in [0, 0.05) is 5.92 Å². The summed E-state index contributed by atoms with van der Waals surface area (Å²) in [4.78, 5) is 27.7. The summed E-state index contributed by atoms with van der Waals surface area (Å²) in [6.45, 7) is 1.72. The number of methoxy groups -OCH3 is 1. The van der Waals surface area contributed by atoms with Crippen LogP contribution in [0.15, 0.2) is 0 Å². The number of esters is 1. The van der Waals surface area contributed by atoms with Crippen molar-refractivity contribution in [1.29, 1.82) is 0 Å². The number of thiazole rings is 1. The van der Waals surface area contributed by atoms with Crippen molar-refractivity contribution in [2.24, 2.45) is 5.92 Å². The number of nitrogens with one attached hydrogen (secondary N) is 1. The molecular weight excluding hydrogens is 240 g/mol. The number of aryl methyl sites for hydroxylation is 1. The first-order chi connectivity index (χ1) is 8.11. The zero-order valence-corrected chi connectivity index (χ0v) is 10.6. The number of nitrogens with zero attached hydrogens (tertiary/aromatic N) is 1. The van der Waals surface area contributed by atoms with E-state index in [1.165, 1.54) is 7.11 Å². The summed E-state index contributed by atoms with van der Waals surface area (Å²) >= 11 is 1.15. The Morgan fingerprint density at radius 3 is 2.71 bits per heavy atom. The monoisotopic (exact) mass is 254 g/mol. The Morgan fingerprint density at radius 1 is 1.47 bits per heavy atom. The van der Waals surface area contributed by atoms with Gasteiger partial charge in [0.2, 0.25) is 5.91 Å². The van der Waals surface area contributed by atoms with Crippen LogP contribution < -0.4 is 5.32 Å². The lowest BCUT2D eigenvalue weighted by molar-refractivity contribution is -0.122. The van der Waals surface area contributed by atoms with E-state index in [1.807, 2.05) is 0 Å². The van der Waals surface area contributed by atoms with Crippen molar-refractivity contribution >= 4 is 28.3 Å². The van der Waals surface area contributed by atoms with Crippen molar-refractivity contribution in [3.8, 4) is 0 Å². The molecule has 5 nitrogen and oxygen atoms in total. The van der Waals surface area contributed by atoms with Gasteiger partial charge in [0.05, 0.1) is 12.8 Å². The molecule has 0 unspecified atom stereocenters. The predicted molar refractivity (Wildman–Crippen MR) is 64.2 cm³/mol. The van der Waals surface area contributed by atoms with Crippen LogP contribution in [0.5, 0.6) is 0 Å². The molecule has 92 valence electrons. The Balaban J connectivity index is 2.06. The number of carbonyl (C=O) groups excluding carboxylic acids is 2. The lowest BCUT2D eigenvalue weighted by Crippen LogP contribution is -2.27. The molecule has 0 aromatic carbocycles. The molecule has 0 saturated heterocycles. The van der Waals surface area contributed by atoms with Crippen molar-refractivity contribution in [2.45, 2.75) is 26.2 Å². The maximum absolute atomic E-state index is 11.7. The lowest BCUT2D eigenvalue weighted by atomic mass is 9.85. The fraction of sp³-hybridized carbons (Fsp3) is 0.545. The fourth-order valence-corrected chi connectivity index (χ4v) is 2.50. The Kier molecular flexibility index (Phi) is 3.42. The summed E-state index contributed by atoms with van der Waals surface area (Å²) in [6.07, 6.45) is 3.00. The van der Waals surface area contributed by atoms with Crippen LogP contribution in [0.1, 0.15) is 34.6 Å². The first-order valence-electron chi connectivity index (χ1n) is 5.48.